The van der Waals surface area contributed by atoms with Gasteiger partial charge >= 0.3 is 0 Å². The van der Waals surface area contributed by atoms with Crippen molar-refractivity contribution in [1.29, 1.82) is 0 Å². The van der Waals surface area contributed by atoms with E-state index in [-0.39, 0.29) is 47.9 Å². The number of amides is 2. The fourth-order valence-corrected chi connectivity index (χ4v) is 3.38. The van der Waals surface area contributed by atoms with E-state index < -0.39 is 0 Å². The number of para-hydroxylation sites is 1. The lowest BCUT2D eigenvalue weighted by Crippen LogP contribution is -2.31. The lowest BCUT2D eigenvalue weighted by atomic mass is 9.85. The van der Waals surface area contributed by atoms with Gasteiger partial charge < -0.3 is 11.1 Å². The fraction of sp³-hybridized carbons (Fsp3) is 0.278. The van der Waals surface area contributed by atoms with Crippen LogP contribution in [0.25, 0.3) is 0 Å². The minimum atomic E-state index is -0.270. The molecule has 2 aromatic rings. The summed E-state index contributed by atoms with van der Waals surface area (Å²) < 4.78 is 0. The van der Waals surface area contributed by atoms with Crippen molar-refractivity contribution in [1.82, 2.24) is 19.9 Å². The summed E-state index contributed by atoms with van der Waals surface area (Å²) in [5.41, 5.74) is 6.57. The number of likely N-dealkylation sites (tertiary alicyclic amines) is 1. The molecule has 2 aliphatic rings. The van der Waals surface area contributed by atoms with Gasteiger partial charge in [-0.15, -0.1) is 0 Å². The van der Waals surface area contributed by atoms with Crippen LogP contribution in [0.4, 0.5) is 17.6 Å². The van der Waals surface area contributed by atoms with Crippen molar-refractivity contribution >= 4 is 29.4 Å². The largest absolute Gasteiger partial charge is 0.368 e. The fourth-order valence-electron chi connectivity index (χ4n) is 3.38. The van der Waals surface area contributed by atoms with Gasteiger partial charge in [0.2, 0.25) is 23.7 Å². The maximum Gasteiger partial charge on any atom is 0.233 e. The summed E-state index contributed by atoms with van der Waals surface area (Å²) in [6.45, 7) is 0.000850. The number of hydrogen-bond donors (Lipinski definition) is 2. The molecule has 8 heteroatoms. The monoisotopic (exact) mass is 350 g/mol. The molecule has 2 heterocycles. The second kappa shape index (κ2) is 6.55. The van der Waals surface area contributed by atoms with Crippen molar-refractivity contribution in [3.8, 4) is 0 Å². The van der Waals surface area contributed by atoms with Gasteiger partial charge in [-0.25, -0.2) is 0 Å². The van der Waals surface area contributed by atoms with Crippen molar-refractivity contribution in [2.45, 2.75) is 19.4 Å². The number of allylic oxidation sites excluding steroid dienone is 2. The quantitative estimate of drug-likeness (QED) is 0.636. The van der Waals surface area contributed by atoms with Crippen LogP contribution in [0.1, 0.15) is 18.7 Å². The molecule has 3 N–H and O–H groups in total. The predicted octanol–water partition coefficient (Wildman–Crippen LogP) is 1.65. The average molecular weight is 350 g/mol. The smallest absolute Gasteiger partial charge is 0.233 e. The Kier molecular flexibility index (Phi) is 4.08. The zero-order valence-electron chi connectivity index (χ0n) is 14.0. The summed E-state index contributed by atoms with van der Waals surface area (Å²) in [6.07, 6.45) is 5.12. The van der Waals surface area contributed by atoms with Crippen LogP contribution in [0.5, 0.6) is 0 Å². The van der Waals surface area contributed by atoms with E-state index in [4.69, 9.17) is 5.73 Å². The number of benzene rings is 1. The summed E-state index contributed by atoms with van der Waals surface area (Å²) in [4.78, 5) is 38.8. The van der Waals surface area contributed by atoms with Crippen LogP contribution in [0.15, 0.2) is 42.5 Å². The van der Waals surface area contributed by atoms with E-state index in [1.54, 1.807) is 0 Å². The van der Waals surface area contributed by atoms with Gasteiger partial charge in [-0.05, 0) is 25.0 Å². The maximum absolute atomic E-state index is 12.6. The zero-order chi connectivity index (χ0) is 18.1. The van der Waals surface area contributed by atoms with Crippen LogP contribution >= 0.6 is 0 Å². The molecule has 1 aromatic heterocycles. The van der Waals surface area contributed by atoms with E-state index in [2.05, 4.69) is 20.3 Å². The Bertz CT molecular complexity index is 857. The van der Waals surface area contributed by atoms with Crippen LogP contribution in [-0.2, 0) is 16.1 Å². The summed E-state index contributed by atoms with van der Waals surface area (Å²) in [7, 11) is 0. The molecule has 0 saturated carbocycles. The van der Waals surface area contributed by atoms with Crippen molar-refractivity contribution < 1.29 is 9.59 Å². The maximum atomic E-state index is 12.6. The van der Waals surface area contributed by atoms with E-state index in [1.165, 1.54) is 4.90 Å². The highest BCUT2D eigenvalue weighted by molar-refractivity contribution is 6.05. The van der Waals surface area contributed by atoms with Crippen LogP contribution in [0, 0.1) is 11.8 Å². The van der Waals surface area contributed by atoms with Gasteiger partial charge in [0.15, 0.2) is 5.82 Å². The van der Waals surface area contributed by atoms with Crippen LogP contribution in [0.3, 0.4) is 0 Å². The molecule has 2 amide bonds. The molecule has 26 heavy (non-hydrogen) atoms. The predicted molar refractivity (Wildman–Crippen MR) is 94.9 cm³/mol. The van der Waals surface area contributed by atoms with Gasteiger partial charge in [0.05, 0.1) is 18.4 Å². The second-order valence-electron chi connectivity index (χ2n) is 6.34. The Morgan fingerprint density at radius 2 is 1.65 bits per heavy atom. The molecule has 1 fully saturated rings. The minimum absolute atomic E-state index is 0.000850. The first kappa shape index (κ1) is 16.2. The first-order chi connectivity index (χ1) is 12.6. The standard InChI is InChI=1S/C18H18N6O2/c19-17-21-14(22-18(23-17)20-11-6-2-1-3-7-11)10-24-15(25)12-8-4-5-9-13(12)16(24)26/h1-7,12-13H,8-10H2,(H3,19,20,21,22,23)/t12-,13-/m0/s1. The third kappa shape index (κ3) is 3.01. The molecule has 1 saturated heterocycles. The Morgan fingerprint density at radius 1 is 1.00 bits per heavy atom. The first-order valence-corrected chi connectivity index (χ1v) is 8.44. The van der Waals surface area contributed by atoms with Crippen molar-refractivity contribution in [2.75, 3.05) is 11.1 Å². The molecule has 0 bridgehead atoms. The normalized spacial score (nSPS) is 21.8. The van der Waals surface area contributed by atoms with Crippen LogP contribution in [-0.4, -0.2) is 31.7 Å². The molecular formula is C18H18N6O2. The number of nitrogens with two attached hydrogens (primary N) is 1. The van der Waals surface area contributed by atoms with Crippen LogP contribution in [0.2, 0.25) is 0 Å². The number of nitrogens with zero attached hydrogens (tertiary/aromatic N) is 4. The van der Waals surface area contributed by atoms with E-state index in [9.17, 15) is 9.59 Å². The van der Waals surface area contributed by atoms with E-state index >= 15 is 0 Å². The molecule has 0 radical (unpaired) electrons. The number of rotatable bonds is 4. The number of carbonyl (C=O) groups is 2. The summed E-state index contributed by atoms with van der Waals surface area (Å²) in [5.74, 6) is -0.281. The van der Waals surface area contributed by atoms with Gasteiger partial charge in [0.1, 0.15) is 0 Å². The van der Waals surface area contributed by atoms with Gasteiger partial charge in [0, 0.05) is 5.69 Å². The number of imide groups is 1. The van der Waals surface area contributed by atoms with E-state index in [0.29, 0.717) is 12.8 Å². The number of hydrogen-bond acceptors (Lipinski definition) is 7. The van der Waals surface area contributed by atoms with Crippen LogP contribution < -0.4 is 11.1 Å². The van der Waals surface area contributed by atoms with Crippen molar-refractivity contribution in [2.24, 2.45) is 11.8 Å². The molecule has 8 nitrogen and oxygen atoms in total. The molecule has 1 aromatic carbocycles. The van der Waals surface area contributed by atoms with Gasteiger partial charge in [-0.1, -0.05) is 30.4 Å². The highest BCUT2D eigenvalue weighted by Gasteiger charge is 2.47. The third-order valence-corrected chi connectivity index (χ3v) is 4.63. The number of carbonyl (C=O) groups excluding carboxylic acids is 2. The average Bonchev–Trinajstić information content (AvgIpc) is 2.87. The molecule has 4 rings (SSSR count). The first-order valence-electron chi connectivity index (χ1n) is 8.44. The van der Waals surface area contributed by atoms with Gasteiger partial charge in [0.25, 0.3) is 0 Å². The Balaban J connectivity index is 1.55. The summed E-state index contributed by atoms with van der Waals surface area (Å²) in [5, 5.41) is 3.04. The van der Waals surface area contributed by atoms with Gasteiger partial charge in [-0.2, -0.15) is 15.0 Å². The number of nitrogens with one attached hydrogen (secondary N) is 1. The lowest BCUT2D eigenvalue weighted by molar-refractivity contribution is -0.140. The molecule has 2 atom stereocenters. The number of nitrogen functional groups attached to an aromatic ring is 1. The van der Waals surface area contributed by atoms with Crippen molar-refractivity contribution in [3.63, 3.8) is 0 Å². The lowest BCUT2D eigenvalue weighted by Gasteiger charge is -2.14. The number of aromatic nitrogens is 3. The van der Waals surface area contributed by atoms with Crippen molar-refractivity contribution in [3.05, 3.63) is 48.3 Å². The van der Waals surface area contributed by atoms with E-state index in [1.807, 2.05) is 42.5 Å². The second-order valence-corrected chi connectivity index (χ2v) is 6.34. The summed E-state index contributed by atoms with van der Waals surface area (Å²) in [6, 6.07) is 9.39. The molecule has 0 unspecified atom stereocenters. The molecular weight excluding hydrogens is 332 g/mol. The zero-order valence-corrected chi connectivity index (χ0v) is 14.0. The Morgan fingerprint density at radius 3 is 2.31 bits per heavy atom. The Labute approximate surface area is 150 Å². The van der Waals surface area contributed by atoms with Gasteiger partial charge in [-0.3, -0.25) is 14.5 Å². The highest BCUT2D eigenvalue weighted by atomic mass is 16.2. The number of fused-ring (bicyclic) bond motifs is 1. The molecule has 132 valence electrons. The SMILES string of the molecule is Nc1nc(CN2C(=O)[C@H]3CC=CC[C@@H]3C2=O)nc(Nc2ccccc2)n1. The molecule has 0 spiro atoms. The minimum Gasteiger partial charge on any atom is -0.368 e. The van der Waals surface area contributed by atoms with E-state index in [0.717, 1.165) is 5.69 Å². The molecule has 1 aliphatic heterocycles. The topological polar surface area (TPSA) is 114 Å². The third-order valence-electron chi connectivity index (χ3n) is 4.63. The number of anilines is 3. The Hall–Kier alpha value is -3.29. The highest BCUT2D eigenvalue weighted by Crippen LogP contribution is 2.35. The molecule has 1 aliphatic carbocycles. The summed E-state index contributed by atoms with van der Waals surface area (Å²) >= 11 is 0.